The average molecular weight is 285 g/mol. The molecule has 104 valence electrons. The summed E-state index contributed by atoms with van der Waals surface area (Å²) in [5.41, 5.74) is 9.90. The minimum absolute atomic E-state index is 0.394. The highest BCUT2D eigenvalue weighted by atomic mass is 15.0. The second-order valence-corrected chi connectivity index (χ2v) is 4.92. The lowest BCUT2D eigenvalue weighted by atomic mass is 10.0. The predicted octanol–water partition coefficient (Wildman–Crippen LogP) is 2.74. The third kappa shape index (κ3) is 1.71. The Balaban J connectivity index is 2.09. The van der Waals surface area contributed by atoms with Crippen molar-refractivity contribution in [2.24, 2.45) is 0 Å². The Morgan fingerprint density at radius 2 is 2.00 bits per heavy atom. The molecule has 4 aromatic rings. The minimum Gasteiger partial charge on any atom is -0.383 e. The van der Waals surface area contributed by atoms with E-state index in [1.165, 1.54) is 6.33 Å². The molecule has 0 saturated carbocycles. The number of nitrogens with two attached hydrogens (primary N) is 1. The van der Waals surface area contributed by atoms with Crippen LogP contribution in [0.2, 0.25) is 0 Å². The van der Waals surface area contributed by atoms with Gasteiger partial charge in [-0.3, -0.25) is 4.98 Å². The van der Waals surface area contributed by atoms with Crippen molar-refractivity contribution in [1.82, 2.24) is 19.9 Å². The van der Waals surface area contributed by atoms with Crippen LogP contribution in [0.4, 0.5) is 5.82 Å². The number of nitrogens with zero attached hydrogens (tertiary/aromatic N) is 3. The van der Waals surface area contributed by atoms with Gasteiger partial charge in [0.15, 0.2) is 0 Å². The summed E-state index contributed by atoms with van der Waals surface area (Å²) in [7, 11) is 0. The van der Waals surface area contributed by atoms with Gasteiger partial charge in [0.1, 0.15) is 17.8 Å². The highest BCUT2D eigenvalue weighted by Crippen LogP contribution is 2.34. The van der Waals surface area contributed by atoms with E-state index < -0.39 is 0 Å². The maximum Gasteiger partial charge on any atom is 0.144 e. The molecule has 3 aromatic heterocycles. The molecule has 3 heterocycles. The number of nitrogens with one attached hydrogen (secondary N) is 1. The van der Waals surface area contributed by atoms with Gasteiger partial charge in [-0.1, -0.05) is 24.1 Å². The molecular weight excluding hydrogens is 274 g/mol. The third-order valence-electron chi connectivity index (χ3n) is 3.64. The van der Waals surface area contributed by atoms with Crippen molar-refractivity contribution in [1.29, 1.82) is 0 Å². The molecule has 0 spiro atoms. The van der Waals surface area contributed by atoms with Gasteiger partial charge in [0.05, 0.1) is 16.6 Å². The zero-order valence-corrected chi connectivity index (χ0v) is 11.5. The fourth-order valence-corrected chi connectivity index (χ4v) is 2.65. The summed E-state index contributed by atoms with van der Waals surface area (Å²) >= 11 is 0. The lowest BCUT2D eigenvalue weighted by Crippen LogP contribution is -1.93. The number of anilines is 1. The van der Waals surface area contributed by atoms with E-state index in [0.717, 1.165) is 27.4 Å². The SMILES string of the molecule is C#Cc1[nH]c2ncnc(N)c2c1-c1cnc2ccccc2c1. The monoisotopic (exact) mass is 285 g/mol. The third-order valence-corrected chi connectivity index (χ3v) is 3.64. The van der Waals surface area contributed by atoms with Gasteiger partial charge in [0, 0.05) is 22.7 Å². The Morgan fingerprint density at radius 1 is 1.14 bits per heavy atom. The zero-order chi connectivity index (χ0) is 15.1. The van der Waals surface area contributed by atoms with Crippen LogP contribution in [0.25, 0.3) is 33.1 Å². The molecule has 0 atom stereocenters. The van der Waals surface area contributed by atoms with E-state index in [2.05, 4.69) is 25.9 Å². The summed E-state index contributed by atoms with van der Waals surface area (Å²) in [6.45, 7) is 0. The fraction of sp³-hybridized carbons (Fsp3) is 0. The summed E-state index contributed by atoms with van der Waals surface area (Å²) < 4.78 is 0. The minimum atomic E-state index is 0.394. The van der Waals surface area contributed by atoms with Gasteiger partial charge < -0.3 is 10.7 Å². The Hall–Kier alpha value is -3.39. The van der Waals surface area contributed by atoms with E-state index in [9.17, 15) is 0 Å². The first-order valence-electron chi connectivity index (χ1n) is 6.72. The van der Waals surface area contributed by atoms with E-state index in [0.29, 0.717) is 17.2 Å². The molecule has 0 unspecified atom stereocenters. The number of fused-ring (bicyclic) bond motifs is 2. The Labute approximate surface area is 126 Å². The number of hydrogen-bond donors (Lipinski definition) is 2. The lowest BCUT2D eigenvalue weighted by Gasteiger charge is -2.04. The van der Waals surface area contributed by atoms with Gasteiger partial charge in [-0.2, -0.15) is 0 Å². The van der Waals surface area contributed by atoms with Crippen LogP contribution in [0, 0.1) is 12.3 Å². The van der Waals surface area contributed by atoms with Crippen LogP contribution < -0.4 is 5.73 Å². The molecule has 0 bridgehead atoms. The van der Waals surface area contributed by atoms with Crippen LogP contribution in [0.1, 0.15) is 5.69 Å². The maximum absolute atomic E-state index is 6.01. The first kappa shape index (κ1) is 12.4. The highest BCUT2D eigenvalue weighted by molar-refractivity contribution is 6.03. The molecule has 0 amide bonds. The van der Waals surface area contributed by atoms with Crippen LogP contribution in [-0.4, -0.2) is 19.9 Å². The summed E-state index contributed by atoms with van der Waals surface area (Å²) in [6.07, 6.45) is 8.83. The van der Waals surface area contributed by atoms with E-state index >= 15 is 0 Å². The number of H-pyrrole nitrogens is 1. The molecule has 5 nitrogen and oxygen atoms in total. The summed E-state index contributed by atoms with van der Waals surface area (Å²) in [6, 6.07) is 9.95. The maximum atomic E-state index is 6.01. The molecule has 0 aliphatic rings. The number of pyridine rings is 1. The van der Waals surface area contributed by atoms with E-state index in [-0.39, 0.29) is 0 Å². The van der Waals surface area contributed by atoms with Crippen molar-refractivity contribution in [3.63, 3.8) is 0 Å². The van der Waals surface area contributed by atoms with Crippen molar-refractivity contribution >= 4 is 27.8 Å². The number of terminal acetylenes is 1. The second-order valence-electron chi connectivity index (χ2n) is 4.92. The number of rotatable bonds is 1. The quantitative estimate of drug-likeness (QED) is 0.527. The largest absolute Gasteiger partial charge is 0.383 e. The first-order valence-corrected chi connectivity index (χ1v) is 6.72. The second kappa shape index (κ2) is 4.57. The van der Waals surface area contributed by atoms with Crippen LogP contribution in [0.3, 0.4) is 0 Å². The number of hydrogen-bond acceptors (Lipinski definition) is 4. The smallest absolute Gasteiger partial charge is 0.144 e. The molecule has 1 aromatic carbocycles. The molecular formula is C17H11N5. The van der Waals surface area contributed by atoms with Crippen molar-refractivity contribution in [2.75, 3.05) is 5.73 Å². The predicted molar refractivity (Wildman–Crippen MR) is 87.0 cm³/mol. The molecule has 22 heavy (non-hydrogen) atoms. The molecule has 0 radical (unpaired) electrons. The van der Waals surface area contributed by atoms with E-state index in [4.69, 9.17) is 12.2 Å². The Kier molecular flexibility index (Phi) is 2.57. The molecule has 0 aliphatic carbocycles. The van der Waals surface area contributed by atoms with Gasteiger partial charge in [-0.15, -0.1) is 6.42 Å². The lowest BCUT2D eigenvalue weighted by molar-refractivity contribution is 1.20. The number of nitrogen functional groups attached to an aromatic ring is 1. The van der Waals surface area contributed by atoms with Crippen molar-refractivity contribution in [3.05, 3.63) is 48.5 Å². The fourth-order valence-electron chi connectivity index (χ4n) is 2.65. The number of benzene rings is 1. The molecule has 0 saturated heterocycles. The topological polar surface area (TPSA) is 80.5 Å². The zero-order valence-electron chi connectivity index (χ0n) is 11.5. The summed E-state index contributed by atoms with van der Waals surface area (Å²) in [5, 5.41) is 1.76. The number of para-hydroxylation sites is 1. The normalized spacial score (nSPS) is 10.9. The Morgan fingerprint density at radius 3 is 2.86 bits per heavy atom. The standard InChI is InChI=1S/C17H11N5/c1-2-12-14(15-16(18)20-9-21-17(15)22-12)11-7-10-5-3-4-6-13(10)19-8-11/h1,3-9H,(H3,18,20,21,22). The summed E-state index contributed by atoms with van der Waals surface area (Å²) in [5.74, 6) is 3.05. The van der Waals surface area contributed by atoms with Crippen molar-refractivity contribution in [3.8, 4) is 23.5 Å². The van der Waals surface area contributed by atoms with Crippen molar-refractivity contribution in [2.45, 2.75) is 0 Å². The number of aromatic nitrogens is 4. The molecule has 3 N–H and O–H groups in total. The van der Waals surface area contributed by atoms with Gasteiger partial charge in [-0.25, -0.2) is 9.97 Å². The van der Waals surface area contributed by atoms with E-state index in [1.807, 2.05) is 30.3 Å². The van der Waals surface area contributed by atoms with Crippen LogP contribution >= 0.6 is 0 Å². The van der Waals surface area contributed by atoms with Gasteiger partial charge in [0.2, 0.25) is 0 Å². The molecule has 4 rings (SSSR count). The van der Waals surface area contributed by atoms with Crippen LogP contribution in [0.5, 0.6) is 0 Å². The van der Waals surface area contributed by atoms with Crippen LogP contribution in [0.15, 0.2) is 42.9 Å². The van der Waals surface area contributed by atoms with Gasteiger partial charge in [0.25, 0.3) is 0 Å². The molecule has 0 aliphatic heterocycles. The highest BCUT2D eigenvalue weighted by Gasteiger charge is 2.16. The van der Waals surface area contributed by atoms with E-state index in [1.54, 1.807) is 6.20 Å². The molecule has 0 fully saturated rings. The summed E-state index contributed by atoms with van der Waals surface area (Å²) in [4.78, 5) is 15.8. The average Bonchev–Trinajstić information content (AvgIpc) is 2.94. The molecule has 5 heteroatoms. The van der Waals surface area contributed by atoms with Crippen molar-refractivity contribution < 1.29 is 0 Å². The van der Waals surface area contributed by atoms with Gasteiger partial charge in [-0.05, 0) is 12.1 Å². The Bertz CT molecular complexity index is 1060. The first-order chi connectivity index (χ1) is 10.8. The number of aromatic amines is 1. The van der Waals surface area contributed by atoms with Gasteiger partial charge >= 0.3 is 0 Å². The van der Waals surface area contributed by atoms with Crippen LogP contribution in [-0.2, 0) is 0 Å².